The van der Waals surface area contributed by atoms with Crippen LogP contribution in [0.15, 0.2) is 91.1 Å². The van der Waals surface area contributed by atoms with Gasteiger partial charge in [0, 0.05) is 35.3 Å². The topological polar surface area (TPSA) is 36.1 Å². The van der Waals surface area contributed by atoms with Crippen LogP contribution in [0.5, 0.6) is 0 Å². The zero-order valence-electron chi connectivity index (χ0n) is 14.6. The van der Waals surface area contributed by atoms with E-state index in [2.05, 4.69) is 29.2 Å². The number of amides is 1. The summed E-state index contributed by atoms with van der Waals surface area (Å²) in [6.07, 6.45) is 2.01. The summed E-state index contributed by atoms with van der Waals surface area (Å²) in [6, 6.07) is 27.6. The van der Waals surface area contributed by atoms with Crippen molar-refractivity contribution in [1.82, 2.24) is 9.88 Å². The molecule has 1 aromatic heterocycles. The Labute approximate surface area is 152 Å². The van der Waals surface area contributed by atoms with Crippen LogP contribution in [0.25, 0.3) is 10.9 Å². The number of rotatable bonds is 4. The summed E-state index contributed by atoms with van der Waals surface area (Å²) in [5.74, 6) is 0.00438. The zero-order valence-corrected chi connectivity index (χ0v) is 14.6. The SMILES string of the molecule is CN(C(=O)c1ccccc1)[C@H](c1ccccc1)c1c[nH]c2ccccc12. The molecule has 3 aromatic carbocycles. The molecule has 0 aliphatic rings. The molecule has 1 amide bonds. The number of hydrogen-bond acceptors (Lipinski definition) is 1. The first-order valence-electron chi connectivity index (χ1n) is 8.69. The Morgan fingerprint density at radius 1 is 0.846 bits per heavy atom. The molecule has 0 saturated heterocycles. The normalized spacial score (nSPS) is 12.0. The van der Waals surface area contributed by atoms with Gasteiger partial charge in [-0.3, -0.25) is 4.79 Å². The fourth-order valence-corrected chi connectivity index (χ4v) is 3.47. The molecule has 128 valence electrons. The van der Waals surface area contributed by atoms with Crippen molar-refractivity contribution in [2.24, 2.45) is 0 Å². The number of aromatic nitrogens is 1. The highest BCUT2D eigenvalue weighted by Gasteiger charge is 2.26. The van der Waals surface area contributed by atoms with Gasteiger partial charge in [0.2, 0.25) is 0 Å². The van der Waals surface area contributed by atoms with Crippen LogP contribution in [-0.4, -0.2) is 22.8 Å². The van der Waals surface area contributed by atoms with E-state index in [0.29, 0.717) is 5.56 Å². The number of H-pyrrole nitrogens is 1. The third kappa shape index (κ3) is 2.88. The first-order chi connectivity index (χ1) is 12.8. The highest BCUT2D eigenvalue weighted by Crippen LogP contribution is 2.33. The molecule has 1 heterocycles. The Kier molecular flexibility index (Phi) is 4.28. The Balaban J connectivity index is 1.83. The van der Waals surface area contributed by atoms with Crippen molar-refractivity contribution in [2.45, 2.75) is 6.04 Å². The number of benzene rings is 3. The first kappa shape index (κ1) is 16.2. The van der Waals surface area contributed by atoms with Crippen molar-refractivity contribution >= 4 is 16.8 Å². The second kappa shape index (κ2) is 6.89. The number of hydrogen-bond donors (Lipinski definition) is 1. The lowest BCUT2D eigenvalue weighted by molar-refractivity contribution is 0.0756. The van der Waals surface area contributed by atoms with Gasteiger partial charge in [0.1, 0.15) is 0 Å². The summed E-state index contributed by atoms with van der Waals surface area (Å²) in [6.45, 7) is 0. The molecule has 26 heavy (non-hydrogen) atoms. The monoisotopic (exact) mass is 340 g/mol. The molecule has 3 nitrogen and oxygen atoms in total. The molecule has 0 unspecified atom stereocenters. The van der Waals surface area contributed by atoms with Gasteiger partial charge in [-0.05, 0) is 23.8 Å². The summed E-state index contributed by atoms with van der Waals surface area (Å²) in [7, 11) is 1.87. The number of nitrogens with one attached hydrogen (secondary N) is 1. The number of aromatic amines is 1. The minimum atomic E-state index is -0.167. The van der Waals surface area contributed by atoms with E-state index in [1.54, 1.807) is 0 Å². The third-order valence-electron chi connectivity index (χ3n) is 4.76. The summed E-state index contributed by atoms with van der Waals surface area (Å²) < 4.78 is 0. The van der Waals surface area contributed by atoms with Crippen LogP contribution >= 0.6 is 0 Å². The van der Waals surface area contributed by atoms with Crippen LogP contribution in [0.2, 0.25) is 0 Å². The Bertz CT molecular complexity index is 1020. The molecule has 0 fully saturated rings. The standard InChI is InChI=1S/C23H20N2O/c1-25(23(26)18-12-6-3-7-13-18)22(17-10-4-2-5-11-17)20-16-24-21-15-9-8-14-19(20)21/h2-16,22,24H,1H3/t22-/m1/s1. The maximum Gasteiger partial charge on any atom is 0.254 e. The molecular formula is C23H20N2O. The van der Waals surface area contributed by atoms with E-state index in [1.807, 2.05) is 78.8 Å². The van der Waals surface area contributed by atoms with Gasteiger partial charge in [0.15, 0.2) is 0 Å². The minimum Gasteiger partial charge on any atom is -0.361 e. The van der Waals surface area contributed by atoms with Crippen molar-refractivity contribution in [2.75, 3.05) is 7.05 Å². The molecular weight excluding hydrogens is 320 g/mol. The van der Waals surface area contributed by atoms with Crippen LogP contribution in [-0.2, 0) is 0 Å². The van der Waals surface area contributed by atoms with E-state index in [-0.39, 0.29) is 11.9 Å². The minimum absolute atomic E-state index is 0.00438. The van der Waals surface area contributed by atoms with Gasteiger partial charge in [-0.15, -0.1) is 0 Å². The molecule has 0 aliphatic carbocycles. The van der Waals surface area contributed by atoms with E-state index >= 15 is 0 Å². The van der Waals surface area contributed by atoms with Crippen LogP contribution in [0.3, 0.4) is 0 Å². The van der Waals surface area contributed by atoms with Gasteiger partial charge in [0.25, 0.3) is 5.91 Å². The molecule has 4 rings (SSSR count). The number of para-hydroxylation sites is 1. The van der Waals surface area contributed by atoms with Crippen LogP contribution in [0.4, 0.5) is 0 Å². The van der Waals surface area contributed by atoms with Crippen molar-refractivity contribution in [3.8, 4) is 0 Å². The van der Waals surface area contributed by atoms with Crippen molar-refractivity contribution in [1.29, 1.82) is 0 Å². The second-order valence-electron chi connectivity index (χ2n) is 6.38. The lowest BCUT2D eigenvalue weighted by atomic mass is 9.96. The Hall–Kier alpha value is -3.33. The van der Waals surface area contributed by atoms with E-state index in [4.69, 9.17) is 0 Å². The summed E-state index contributed by atoms with van der Waals surface area (Å²) in [5, 5.41) is 1.13. The molecule has 0 aliphatic heterocycles. The van der Waals surface area contributed by atoms with Crippen LogP contribution in [0.1, 0.15) is 27.5 Å². The zero-order chi connectivity index (χ0) is 17.9. The number of carbonyl (C=O) groups excluding carboxylic acids is 1. The molecule has 0 radical (unpaired) electrons. The molecule has 1 atom stereocenters. The van der Waals surface area contributed by atoms with Crippen LogP contribution in [0, 0.1) is 0 Å². The van der Waals surface area contributed by atoms with Gasteiger partial charge in [-0.1, -0.05) is 66.7 Å². The summed E-state index contributed by atoms with van der Waals surface area (Å²) in [4.78, 5) is 18.3. The predicted octanol–water partition coefficient (Wildman–Crippen LogP) is 5.03. The van der Waals surface area contributed by atoms with Gasteiger partial charge in [0.05, 0.1) is 6.04 Å². The number of nitrogens with zero attached hydrogens (tertiary/aromatic N) is 1. The highest BCUT2D eigenvalue weighted by molar-refractivity contribution is 5.95. The van der Waals surface area contributed by atoms with Crippen LogP contribution < -0.4 is 0 Å². The van der Waals surface area contributed by atoms with Gasteiger partial charge in [-0.25, -0.2) is 0 Å². The Morgan fingerprint density at radius 2 is 1.46 bits per heavy atom. The summed E-state index contributed by atoms with van der Waals surface area (Å²) in [5.41, 5.74) is 3.95. The average molecular weight is 340 g/mol. The number of carbonyl (C=O) groups is 1. The quantitative estimate of drug-likeness (QED) is 0.556. The predicted molar refractivity (Wildman–Crippen MR) is 105 cm³/mol. The number of fused-ring (bicyclic) bond motifs is 1. The van der Waals surface area contributed by atoms with Gasteiger partial charge < -0.3 is 9.88 Å². The van der Waals surface area contributed by atoms with E-state index in [0.717, 1.165) is 22.0 Å². The van der Waals surface area contributed by atoms with Crippen molar-refractivity contribution in [3.05, 3.63) is 108 Å². The maximum absolute atomic E-state index is 13.1. The Morgan fingerprint density at radius 3 is 2.19 bits per heavy atom. The second-order valence-corrected chi connectivity index (χ2v) is 6.38. The van der Waals surface area contributed by atoms with Crippen molar-refractivity contribution < 1.29 is 4.79 Å². The van der Waals surface area contributed by atoms with E-state index in [9.17, 15) is 4.79 Å². The maximum atomic E-state index is 13.1. The molecule has 0 saturated carbocycles. The fourth-order valence-electron chi connectivity index (χ4n) is 3.47. The van der Waals surface area contributed by atoms with E-state index < -0.39 is 0 Å². The third-order valence-corrected chi connectivity index (χ3v) is 4.76. The smallest absolute Gasteiger partial charge is 0.254 e. The van der Waals surface area contributed by atoms with Crippen molar-refractivity contribution in [3.63, 3.8) is 0 Å². The fraction of sp³-hybridized carbons (Fsp3) is 0.0870. The molecule has 3 heteroatoms. The lowest BCUT2D eigenvalue weighted by Gasteiger charge is -2.29. The largest absolute Gasteiger partial charge is 0.361 e. The molecule has 0 spiro atoms. The molecule has 1 N–H and O–H groups in total. The average Bonchev–Trinajstić information content (AvgIpc) is 3.13. The lowest BCUT2D eigenvalue weighted by Crippen LogP contribution is -2.31. The first-order valence-corrected chi connectivity index (χ1v) is 8.69. The summed E-state index contributed by atoms with van der Waals surface area (Å²) >= 11 is 0. The highest BCUT2D eigenvalue weighted by atomic mass is 16.2. The van der Waals surface area contributed by atoms with Gasteiger partial charge >= 0.3 is 0 Å². The molecule has 4 aromatic rings. The van der Waals surface area contributed by atoms with Gasteiger partial charge in [-0.2, -0.15) is 0 Å². The van der Waals surface area contributed by atoms with E-state index in [1.165, 1.54) is 0 Å². The molecule has 0 bridgehead atoms.